The third-order valence-electron chi connectivity index (χ3n) is 0.778. The van der Waals surface area contributed by atoms with Gasteiger partial charge in [0, 0.05) is 19.8 Å². The Hall–Kier alpha value is -1.71. The van der Waals surface area contributed by atoms with Gasteiger partial charge in [0.1, 0.15) is 0 Å². The smallest absolute Gasteiger partial charge is 0.0919 e. The van der Waals surface area contributed by atoms with Crippen LogP contribution in [0.3, 0.4) is 0 Å². The van der Waals surface area contributed by atoms with Crippen molar-refractivity contribution in [1.29, 1.82) is 0 Å². The number of H-pyrrole nitrogens is 1. The van der Waals surface area contributed by atoms with Crippen molar-refractivity contribution in [2.24, 2.45) is 0 Å². The highest BCUT2D eigenvalue weighted by Crippen LogP contribution is 1.62. The van der Waals surface area contributed by atoms with E-state index in [0.29, 0.717) is 0 Å². The van der Waals surface area contributed by atoms with Gasteiger partial charge in [0.2, 0.25) is 0 Å². The number of hydrogen-bond donors (Lipinski definition) is 1. The minimum absolute atomic E-state index is 0. The van der Waals surface area contributed by atoms with Gasteiger partial charge in [-0.3, -0.25) is 0 Å². The van der Waals surface area contributed by atoms with Gasteiger partial charge < -0.3 is 15.0 Å². The van der Waals surface area contributed by atoms with Gasteiger partial charge in [-0.25, -0.2) is 4.98 Å². The molecule has 0 radical (unpaired) electrons. The minimum Gasteiger partial charge on any atom is -0.450 e. The fourth-order valence-corrected chi connectivity index (χ4v) is 0.408. The molecule has 4 heteroatoms. The lowest BCUT2D eigenvalue weighted by molar-refractivity contribution is 1.29. The van der Waals surface area contributed by atoms with Gasteiger partial charge in [-0.1, -0.05) is 26.1 Å². The Kier molecular flexibility index (Phi) is 10.0. The number of nitrogens with one attached hydrogen (secondary N) is 1. The number of imidazole rings is 2. The van der Waals surface area contributed by atoms with Crippen molar-refractivity contribution in [3.63, 3.8) is 0 Å². The molecule has 2 heterocycles. The van der Waals surface area contributed by atoms with Crippen molar-refractivity contribution in [3.8, 4) is 0 Å². The van der Waals surface area contributed by atoms with Crippen molar-refractivity contribution >= 4 is 0 Å². The van der Waals surface area contributed by atoms with Gasteiger partial charge >= 0.3 is 0 Å². The van der Waals surface area contributed by atoms with Gasteiger partial charge in [0.05, 0.1) is 6.33 Å². The highest BCUT2D eigenvalue weighted by Gasteiger charge is 1.56. The van der Waals surface area contributed by atoms with Crippen LogP contribution in [0.5, 0.6) is 0 Å². The summed E-state index contributed by atoms with van der Waals surface area (Å²) < 4.78 is 0. The fourth-order valence-electron chi connectivity index (χ4n) is 0.408. The second-order valence-corrected chi connectivity index (χ2v) is 1.47. The van der Waals surface area contributed by atoms with Crippen LogP contribution in [0.25, 0.3) is 0 Å². The fraction of sp³-hybridized carbons (Fsp3) is 0.125. The third-order valence-corrected chi connectivity index (χ3v) is 0.778. The van der Waals surface area contributed by atoms with Crippen LogP contribution in [-0.4, -0.2) is 15.0 Å². The van der Waals surface area contributed by atoms with Crippen LogP contribution in [0.15, 0.2) is 37.4 Å². The maximum Gasteiger partial charge on any atom is 0.0919 e. The quantitative estimate of drug-likeness (QED) is 0.604. The molecule has 0 aliphatic rings. The molecular formula is C8H14N4. The molecule has 0 aliphatic carbocycles. The van der Waals surface area contributed by atoms with E-state index in [1.165, 1.54) is 6.33 Å². The van der Waals surface area contributed by atoms with E-state index in [1.54, 1.807) is 31.1 Å². The molecule has 66 valence electrons. The van der Waals surface area contributed by atoms with Crippen LogP contribution in [0.2, 0.25) is 0 Å². The highest BCUT2D eigenvalue weighted by molar-refractivity contribution is 4.64. The second kappa shape index (κ2) is 9.29. The zero-order valence-electron chi connectivity index (χ0n) is 6.31. The molecule has 1 N–H and O–H groups in total. The summed E-state index contributed by atoms with van der Waals surface area (Å²) in [5, 5.41) is 0. The number of hydrogen-bond acceptors (Lipinski definition) is 2. The Morgan fingerprint density at radius 3 is 2.17 bits per heavy atom. The summed E-state index contributed by atoms with van der Waals surface area (Å²) in [5.41, 5.74) is 0. The number of rotatable bonds is 0. The monoisotopic (exact) mass is 166 g/mol. The van der Waals surface area contributed by atoms with E-state index < -0.39 is 0 Å². The molecule has 4 nitrogen and oxygen atoms in total. The largest absolute Gasteiger partial charge is 0.450 e. The summed E-state index contributed by atoms with van der Waals surface area (Å²) in [5.74, 6) is 0. The summed E-state index contributed by atoms with van der Waals surface area (Å²) >= 11 is 0. The molecule has 2 aromatic heterocycles. The zero-order valence-corrected chi connectivity index (χ0v) is 6.31. The molecule has 0 saturated heterocycles. The Morgan fingerprint density at radius 1 is 1.17 bits per heavy atom. The van der Waals surface area contributed by atoms with Gasteiger partial charge in [-0.2, -0.15) is 0 Å². The molecule has 0 aliphatic heterocycles. The van der Waals surface area contributed by atoms with E-state index in [9.17, 15) is 0 Å². The van der Waals surface area contributed by atoms with Crippen molar-refractivity contribution in [1.82, 2.24) is 19.9 Å². The maximum atomic E-state index is 3.67. The predicted molar refractivity (Wildman–Crippen MR) is 49.3 cm³/mol. The Morgan fingerprint density at radius 2 is 2.00 bits per heavy atom. The molecule has 2 rings (SSSR count). The summed E-state index contributed by atoms with van der Waals surface area (Å²) in [7, 11) is 0. The van der Waals surface area contributed by atoms with Crippen molar-refractivity contribution in [2.45, 2.75) is 7.43 Å². The molecule has 0 amide bonds. The lowest BCUT2D eigenvalue weighted by Gasteiger charge is -1.61. The summed E-state index contributed by atoms with van der Waals surface area (Å²) in [4.78, 5) is 13.6. The van der Waals surface area contributed by atoms with Crippen molar-refractivity contribution in [3.05, 3.63) is 44.9 Å². The summed E-state index contributed by atoms with van der Waals surface area (Å²) in [6.45, 7) is 0. The van der Waals surface area contributed by atoms with Crippen LogP contribution in [0, 0.1) is 7.43 Å². The molecule has 12 heavy (non-hydrogen) atoms. The van der Waals surface area contributed by atoms with E-state index in [0.717, 1.165) is 0 Å². The first-order valence-corrected chi connectivity index (χ1v) is 2.79. The average Bonchev–Trinajstić information content (AvgIpc) is 2.67. The lowest BCUT2D eigenvalue weighted by atomic mass is 11.0. The molecular weight excluding hydrogens is 152 g/mol. The van der Waals surface area contributed by atoms with Crippen LogP contribution in [0.1, 0.15) is 7.43 Å². The normalized spacial score (nSPS) is 6.67. The standard InChI is InChI=1S/C3H4N2.C3H3N2.CH4.CH3/c2*1-2-5-3-4-1;;/h1-3H,(H,4,5);1-3H;1H4;1H3/q;-1;;+1. The van der Waals surface area contributed by atoms with E-state index >= 15 is 0 Å². The molecule has 0 fully saturated rings. The van der Waals surface area contributed by atoms with Gasteiger partial charge in [0.25, 0.3) is 0 Å². The summed E-state index contributed by atoms with van der Waals surface area (Å²) in [6.07, 6.45) is 9.86. The number of aromatic amines is 1. The highest BCUT2D eigenvalue weighted by atomic mass is 14.8. The van der Waals surface area contributed by atoms with Gasteiger partial charge in [-0.05, 0) is 0 Å². The van der Waals surface area contributed by atoms with E-state index in [2.05, 4.69) is 19.9 Å². The molecule has 2 aromatic rings. The van der Waals surface area contributed by atoms with E-state index in [1.807, 2.05) is 0 Å². The third kappa shape index (κ3) is 6.41. The topological polar surface area (TPSA) is 55.7 Å². The minimum atomic E-state index is 0. The van der Waals surface area contributed by atoms with E-state index in [-0.39, 0.29) is 14.9 Å². The first-order valence-electron chi connectivity index (χ1n) is 2.79. The van der Waals surface area contributed by atoms with Crippen LogP contribution in [0.4, 0.5) is 0 Å². The van der Waals surface area contributed by atoms with Gasteiger partial charge in [-0.15, -0.1) is 0 Å². The zero-order chi connectivity index (χ0) is 7.07. The van der Waals surface area contributed by atoms with Crippen LogP contribution >= 0.6 is 0 Å². The molecule has 0 aromatic carbocycles. The van der Waals surface area contributed by atoms with Crippen LogP contribution in [-0.2, 0) is 0 Å². The number of aromatic nitrogens is 4. The molecule has 0 saturated carbocycles. The van der Waals surface area contributed by atoms with Crippen LogP contribution < -0.4 is 4.98 Å². The van der Waals surface area contributed by atoms with Crippen molar-refractivity contribution in [2.75, 3.05) is 0 Å². The number of nitrogens with zero attached hydrogens (tertiary/aromatic N) is 3. The lowest BCUT2D eigenvalue weighted by Crippen LogP contribution is -1.50. The Bertz CT molecular complexity index is 150. The van der Waals surface area contributed by atoms with Crippen molar-refractivity contribution < 1.29 is 0 Å². The molecule has 0 atom stereocenters. The summed E-state index contributed by atoms with van der Waals surface area (Å²) in [6, 6.07) is 0. The molecule has 0 spiro atoms. The first kappa shape index (κ1) is 12.9. The SMILES string of the molecule is C.[CH3+].c1c[n-]cn1.c1c[nH]cn1. The maximum absolute atomic E-state index is 3.67. The Labute approximate surface area is 73.1 Å². The van der Waals surface area contributed by atoms with E-state index in [4.69, 9.17) is 0 Å². The second-order valence-electron chi connectivity index (χ2n) is 1.47. The predicted octanol–water partition coefficient (Wildman–Crippen LogP) is 1.53. The Balaban J connectivity index is 0. The average molecular weight is 166 g/mol. The first-order chi connectivity index (χ1) is 5.00. The molecule has 0 bridgehead atoms. The van der Waals surface area contributed by atoms with Gasteiger partial charge in [0.15, 0.2) is 0 Å². The molecule has 0 unspecified atom stereocenters.